The third-order valence-electron chi connectivity index (χ3n) is 20.7. The molecule has 30 unspecified atom stereocenters. The van der Waals surface area contributed by atoms with E-state index in [1.54, 1.807) is 0 Å². The summed E-state index contributed by atoms with van der Waals surface area (Å²) in [5.41, 5.74) is -1.10. The SMILES string of the molecule is C=C(C)CCCC(C)(OC(C)=O)C1C2CC3(C)C4=CCC5C(C)(C)C(OC6OC(CO)C(OC7OC(COS(=O)O)C(O)C(O)C7OC7OC(CO)C(OC8OC(CO)C(O)C(O)C8O)C(O)C7O)C(O)C6O)CCC5(C)C4CCC13C(=O)O2. The van der Waals surface area contributed by atoms with Crippen LogP contribution in [0.5, 0.6) is 0 Å². The van der Waals surface area contributed by atoms with Gasteiger partial charge in [-0.15, -0.1) is 6.58 Å². The Bertz CT molecular complexity index is 2410. The van der Waals surface area contributed by atoms with Gasteiger partial charge in [0.1, 0.15) is 109 Å². The lowest BCUT2D eigenvalue weighted by molar-refractivity contribution is -0.398. The smallest absolute Gasteiger partial charge is 0.313 e. The molecule has 9 rings (SSSR count). The molecule has 0 aromatic heterocycles. The number of carbonyl (C=O) groups is 2. The lowest BCUT2D eigenvalue weighted by Crippen LogP contribution is -2.68. The van der Waals surface area contributed by atoms with Gasteiger partial charge in [0.25, 0.3) is 0 Å². The van der Waals surface area contributed by atoms with E-state index < -0.39 is 201 Å². The Morgan fingerprint density at radius 2 is 1.23 bits per heavy atom. The number of rotatable bonds is 20. The van der Waals surface area contributed by atoms with Crippen molar-refractivity contribution in [3.05, 3.63) is 23.8 Å². The Balaban J connectivity index is 0.902. The fourth-order valence-corrected chi connectivity index (χ4v) is 16.9. The van der Waals surface area contributed by atoms with Crippen LogP contribution in [0.4, 0.5) is 0 Å². The summed E-state index contributed by atoms with van der Waals surface area (Å²) in [7, 11) is 0. The van der Waals surface area contributed by atoms with Crippen LogP contribution in [0.25, 0.3) is 0 Å². The van der Waals surface area contributed by atoms with Crippen LogP contribution in [-0.4, -0.2) is 249 Å². The zero-order chi connectivity index (χ0) is 61.5. The summed E-state index contributed by atoms with van der Waals surface area (Å²) < 4.78 is 85.7. The predicted octanol–water partition coefficient (Wildman–Crippen LogP) is -2.01. The molecule has 480 valence electrons. The first-order chi connectivity index (χ1) is 39.4. The molecule has 3 saturated carbocycles. The first-order valence-electron chi connectivity index (χ1n) is 29.1. The molecule has 13 N–H and O–H groups in total. The third-order valence-corrected chi connectivity index (χ3v) is 21.1. The molecule has 0 radical (unpaired) electrons. The van der Waals surface area contributed by atoms with Crippen LogP contribution in [0.2, 0.25) is 0 Å². The zero-order valence-electron chi connectivity index (χ0n) is 48.3. The van der Waals surface area contributed by atoms with E-state index in [0.29, 0.717) is 44.9 Å². The Kier molecular flexibility index (Phi) is 19.8. The van der Waals surface area contributed by atoms with Gasteiger partial charge < -0.3 is 109 Å². The summed E-state index contributed by atoms with van der Waals surface area (Å²) in [5, 5.41) is 131. The van der Waals surface area contributed by atoms with Gasteiger partial charge in [-0.1, -0.05) is 44.9 Å². The molecule has 5 heterocycles. The van der Waals surface area contributed by atoms with E-state index >= 15 is 0 Å². The predicted molar refractivity (Wildman–Crippen MR) is 284 cm³/mol. The molecule has 0 aromatic rings. The number of aliphatic hydroxyl groups excluding tert-OH is 12. The normalized spacial score (nSPS) is 49.1. The first kappa shape index (κ1) is 66.1. The Hall–Kier alpha value is -2.31. The maximum Gasteiger partial charge on any atom is 0.313 e. The molecule has 5 aliphatic heterocycles. The van der Waals surface area contributed by atoms with Crippen molar-refractivity contribution in [3.63, 3.8) is 0 Å². The van der Waals surface area contributed by atoms with Gasteiger partial charge in [0.05, 0.1) is 43.9 Å². The Morgan fingerprint density at radius 1 is 0.702 bits per heavy atom. The lowest BCUT2D eigenvalue weighted by Gasteiger charge is -2.64. The molecule has 2 bridgehead atoms. The number of aliphatic hydroxyl groups is 12. The average Bonchev–Trinajstić information content (AvgIpc) is 1.44. The third kappa shape index (κ3) is 11.4. The molecule has 1 spiro atoms. The van der Waals surface area contributed by atoms with E-state index in [1.807, 2.05) is 13.8 Å². The Labute approximate surface area is 489 Å². The number of allylic oxidation sites excluding steroid dienone is 3. The zero-order valence-corrected chi connectivity index (χ0v) is 49.2. The van der Waals surface area contributed by atoms with Crippen LogP contribution < -0.4 is 0 Å². The van der Waals surface area contributed by atoms with Crippen LogP contribution in [0.1, 0.15) is 106 Å². The van der Waals surface area contributed by atoms with Crippen LogP contribution in [-0.2, 0) is 72.5 Å². The maximum atomic E-state index is 14.4. The second-order valence-electron chi connectivity index (χ2n) is 26.1. The first-order valence-corrected chi connectivity index (χ1v) is 30.2. The molecule has 8 fully saturated rings. The van der Waals surface area contributed by atoms with E-state index in [-0.39, 0.29) is 29.1 Å². The quantitative estimate of drug-likeness (QED) is 0.0356. The van der Waals surface area contributed by atoms with Crippen molar-refractivity contribution in [1.82, 2.24) is 0 Å². The van der Waals surface area contributed by atoms with Crippen LogP contribution in [0, 0.1) is 39.4 Å². The fourth-order valence-electron chi connectivity index (χ4n) is 16.6. The van der Waals surface area contributed by atoms with Gasteiger partial charge in [0.2, 0.25) is 0 Å². The van der Waals surface area contributed by atoms with E-state index in [4.69, 9.17) is 51.6 Å². The number of ether oxygens (including phenoxy) is 10. The summed E-state index contributed by atoms with van der Waals surface area (Å²) >= 11 is -2.90. The molecular weight excluding hydrogens is 1140 g/mol. The highest BCUT2D eigenvalue weighted by molar-refractivity contribution is 7.74. The van der Waals surface area contributed by atoms with Crippen molar-refractivity contribution >= 4 is 23.3 Å². The largest absolute Gasteiger partial charge is 0.461 e. The highest BCUT2D eigenvalue weighted by atomic mass is 32.2. The Morgan fingerprint density at radius 3 is 1.80 bits per heavy atom. The molecular formula is C56H88O27S. The van der Waals surface area contributed by atoms with Crippen molar-refractivity contribution < 1.29 is 131 Å². The average molecular weight is 1230 g/mol. The van der Waals surface area contributed by atoms with Gasteiger partial charge in [-0.25, -0.2) is 0 Å². The number of carbonyl (C=O) groups excluding carboxylic acids is 2. The van der Waals surface area contributed by atoms with Crippen LogP contribution in [0.15, 0.2) is 23.8 Å². The highest BCUT2D eigenvalue weighted by Gasteiger charge is 2.79. The molecule has 5 saturated heterocycles. The van der Waals surface area contributed by atoms with Crippen molar-refractivity contribution in [2.24, 2.45) is 39.4 Å². The molecule has 30 atom stereocenters. The highest BCUT2D eigenvalue weighted by Crippen LogP contribution is 2.77. The minimum absolute atomic E-state index is 0.00367. The van der Waals surface area contributed by atoms with Crippen molar-refractivity contribution in [2.45, 2.75) is 247 Å². The van der Waals surface area contributed by atoms with E-state index in [2.05, 4.69) is 40.3 Å². The maximum absolute atomic E-state index is 14.4. The second-order valence-corrected chi connectivity index (χ2v) is 26.8. The topological polar surface area (TPSA) is 416 Å². The minimum Gasteiger partial charge on any atom is -0.461 e. The summed E-state index contributed by atoms with van der Waals surface area (Å²) in [4.78, 5) is 27.2. The number of esters is 2. The standard InChI is InChI=1S/C56H88O27S/c1-23(2)10-9-15-55(8,83-24(3)60)46-27-18-54(7)26-11-12-32-52(4,5)33(14-16-53(32,6)25(26)13-17-56(46,54)51(70)78-27)79-47-41(68)38(65)44(30(21-59)75-47)81-50-45(37(64)35(62)31(77-50)22-73-84(71)72)82-49-42(69)39(66)43(29(20-58)76-49)80-48-40(67)36(63)34(61)28(19-57)74-48/h11,25,27-50,57-59,61-69H,1,9-10,12-22H2,2-8H3,(H,71,72). The van der Waals surface area contributed by atoms with Crippen molar-refractivity contribution in [1.29, 1.82) is 0 Å². The minimum atomic E-state index is -2.90. The van der Waals surface area contributed by atoms with Crippen molar-refractivity contribution in [2.75, 3.05) is 26.4 Å². The number of fused-ring (bicyclic) bond motifs is 5. The monoisotopic (exact) mass is 1220 g/mol. The summed E-state index contributed by atoms with van der Waals surface area (Å²) in [6.07, 6.45) is -30.2. The molecule has 4 aliphatic carbocycles. The lowest BCUT2D eigenvalue weighted by atomic mass is 9.40. The fraction of sp³-hybridized carbons (Fsp3) is 0.893. The van der Waals surface area contributed by atoms with Gasteiger partial charge in [-0.2, -0.15) is 4.21 Å². The van der Waals surface area contributed by atoms with Crippen LogP contribution in [0.3, 0.4) is 0 Å². The summed E-state index contributed by atoms with van der Waals surface area (Å²) in [6, 6.07) is 0. The van der Waals surface area contributed by atoms with Gasteiger partial charge in [-0.05, 0) is 94.3 Å². The molecule has 28 heteroatoms. The van der Waals surface area contributed by atoms with Gasteiger partial charge in [0, 0.05) is 12.3 Å². The molecule has 84 heavy (non-hydrogen) atoms. The summed E-state index contributed by atoms with van der Waals surface area (Å²) in [6.45, 7) is 14.5. The van der Waals surface area contributed by atoms with E-state index in [0.717, 1.165) is 18.4 Å². The molecule has 9 aliphatic rings. The van der Waals surface area contributed by atoms with Gasteiger partial charge in [-0.3, -0.25) is 18.3 Å². The molecule has 27 nitrogen and oxygen atoms in total. The summed E-state index contributed by atoms with van der Waals surface area (Å²) in [5.74, 6) is -0.927. The van der Waals surface area contributed by atoms with Gasteiger partial charge >= 0.3 is 23.3 Å². The number of hydrogen-bond acceptors (Lipinski definition) is 26. The van der Waals surface area contributed by atoms with E-state index in [9.17, 15) is 79.6 Å². The molecule has 0 amide bonds. The second kappa shape index (κ2) is 25.2. The van der Waals surface area contributed by atoms with Crippen LogP contribution >= 0.6 is 0 Å². The number of hydrogen-bond donors (Lipinski definition) is 13. The van der Waals surface area contributed by atoms with Gasteiger partial charge in [0.15, 0.2) is 25.2 Å². The van der Waals surface area contributed by atoms with Crippen molar-refractivity contribution in [3.8, 4) is 0 Å². The molecule has 0 aromatic carbocycles. The van der Waals surface area contributed by atoms with E-state index in [1.165, 1.54) is 12.5 Å².